The second-order valence-electron chi connectivity index (χ2n) is 4.44. The lowest BCUT2D eigenvalue weighted by Crippen LogP contribution is -2.32. The zero-order valence-electron chi connectivity index (χ0n) is 9.93. The van der Waals surface area contributed by atoms with Crippen molar-refractivity contribution in [3.05, 3.63) is 28.2 Å². The van der Waals surface area contributed by atoms with E-state index in [-0.39, 0.29) is 12.0 Å². The second kappa shape index (κ2) is 4.99. The van der Waals surface area contributed by atoms with Crippen molar-refractivity contribution < 1.29 is 9.90 Å². The Kier molecular flexibility index (Phi) is 3.58. The third-order valence-electron chi connectivity index (χ3n) is 3.48. The first-order valence-corrected chi connectivity index (χ1v) is 6.53. The van der Waals surface area contributed by atoms with Gasteiger partial charge in [-0.2, -0.15) is 5.26 Å². The summed E-state index contributed by atoms with van der Waals surface area (Å²) in [6, 6.07) is 7.56. The molecule has 0 amide bonds. The molecule has 94 valence electrons. The molecule has 1 fully saturated rings. The second-order valence-corrected chi connectivity index (χ2v) is 5.30. The first kappa shape index (κ1) is 12.9. The van der Waals surface area contributed by atoms with Gasteiger partial charge in [0.2, 0.25) is 0 Å². The van der Waals surface area contributed by atoms with Gasteiger partial charge in [-0.25, -0.2) is 0 Å². The molecule has 1 saturated heterocycles. The Morgan fingerprint density at radius 1 is 1.61 bits per heavy atom. The van der Waals surface area contributed by atoms with Crippen molar-refractivity contribution in [1.29, 1.82) is 5.26 Å². The summed E-state index contributed by atoms with van der Waals surface area (Å²) in [6.45, 7) is 2.66. The van der Waals surface area contributed by atoms with Gasteiger partial charge in [0.25, 0.3) is 0 Å². The van der Waals surface area contributed by atoms with E-state index in [1.165, 1.54) is 0 Å². The predicted molar refractivity (Wildman–Crippen MR) is 71.4 cm³/mol. The van der Waals surface area contributed by atoms with Crippen LogP contribution in [0.15, 0.2) is 22.7 Å². The van der Waals surface area contributed by atoms with E-state index < -0.39 is 5.97 Å². The number of nitrogens with zero attached hydrogens (tertiary/aromatic N) is 2. The molecule has 1 aliphatic rings. The number of carboxylic acids is 1. The Balaban J connectivity index is 2.26. The summed E-state index contributed by atoms with van der Waals surface area (Å²) >= 11 is 3.35. The van der Waals surface area contributed by atoms with Crippen LogP contribution in [-0.2, 0) is 4.79 Å². The molecule has 0 bridgehead atoms. The summed E-state index contributed by atoms with van der Waals surface area (Å²) in [5.74, 6) is -1.06. The van der Waals surface area contributed by atoms with Crippen LogP contribution in [0.4, 0.5) is 5.69 Å². The molecule has 2 rings (SSSR count). The number of hydrogen-bond acceptors (Lipinski definition) is 3. The fraction of sp³-hybridized carbons (Fsp3) is 0.385. The van der Waals surface area contributed by atoms with Crippen molar-refractivity contribution in [3.63, 3.8) is 0 Å². The van der Waals surface area contributed by atoms with E-state index in [1.54, 1.807) is 6.07 Å². The molecule has 0 spiro atoms. The summed E-state index contributed by atoms with van der Waals surface area (Å²) in [7, 11) is 0. The molecular formula is C13H13BrN2O2. The van der Waals surface area contributed by atoms with E-state index in [1.807, 2.05) is 19.1 Å². The zero-order valence-corrected chi connectivity index (χ0v) is 11.5. The number of carboxylic acid groups (broad SMARTS) is 1. The van der Waals surface area contributed by atoms with Gasteiger partial charge >= 0.3 is 5.97 Å². The van der Waals surface area contributed by atoms with Crippen LogP contribution in [0.25, 0.3) is 0 Å². The van der Waals surface area contributed by atoms with Crippen molar-refractivity contribution in [2.75, 3.05) is 11.4 Å². The highest BCUT2D eigenvalue weighted by Gasteiger charge is 2.35. The van der Waals surface area contributed by atoms with Gasteiger partial charge in [0, 0.05) is 22.7 Å². The normalized spacial score (nSPS) is 22.8. The molecule has 0 aromatic heterocycles. The number of anilines is 1. The van der Waals surface area contributed by atoms with Crippen LogP contribution in [-0.4, -0.2) is 23.7 Å². The van der Waals surface area contributed by atoms with Crippen molar-refractivity contribution >= 4 is 27.6 Å². The quantitative estimate of drug-likeness (QED) is 0.912. The zero-order chi connectivity index (χ0) is 13.3. The van der Waals surface area contributed by atoms with Crippen LogP contribution < -0.4 is 4.90 Å². The molecule has 2 atom stereocenters. The Morgan fingerprint density at radius 2 is 2.33 bits per heavy atom. The third kappa shape index (κ3) is 2.21. The van der Waals surface area contributed by atoms with Gasteiger partial charge in [-0.05, 0) is 47.5 Å². The smallest absolute Gasteiger partial charge is 0.308 e. The molecule has 1 aromatic carbocycles. The molecule has 5 heteroatoms. The van der Waals surface area contributed by atoms with Crippen LogP contribution in [0.3, 0.4) is 0 Å². The number of aliphatic carboxylic acids is 1. The molecule has 2 unspecified atom stereocenters. The van der Waals surface area contributed by atoms with Crippen molar-refractivity contribution in [3.8, 4) is 6.07 Å². The maximum Gasteiger partial charge on any atom is 0.308 e. The van der Waals surface area contributed by atoms with Gasteiger partial charge in [-0.15, -0.1) is 0 Å². The summed E-state index contributed by atoms with van der Waals surface area (Å²) < 4.78 is 0.744. The van der Waals surface area contributed by atoms with E-state index in [0.717, 1.165) is 16.7 Å². The monoisotopic (exact) mass is 308 g/mol. The molecule has 4 nitrogen and oxygen atoms in total. The Bertz CT molecular complexity index is 524. The number of carbonyl (C=O) groups is 1. The molecule has 0 aliphatic carbocycles. The lowest BCUT2D eigenvalue weighted by Gasteiger charge is -2.25. The SMILES string of the molecule is CC1C(C(=O)O)CCN1c1ccc(C#N)c(Br)c1. The van der Waals surface area contributed by atoms with E-state index in [0.29, 0.717) is 12.0 Å². The van der Waals surface area contributed by atoms with E-state index >= 15 is 0 Å². The van der Waals surface area contributed by atoms with Gasteiger partial charge in [-0.3, -0.25) is 4.79 Å². The number of hydrogen-bond donors (Lipinski definition) is 1. The summed E-state index contributed by atoms with van der Waals surface area (Å²) in [5, 5.41) is 18.0. The topological polar surface area (TPSA) is 64.3 Å². The number of nitriles is 1. The predicted octanol–water partition coefficient (Wildman–Crippen LogP) is 2.62. The number of halogens is 1. The van der Waals surface area contributed by atoms with Crippen molar-refractivity contribution in [1.82, 2.24) is 0 Å². The average molecular weight is 309 g/mol. The highest BCUT2D eigenvalue weighted by molar-refractivity contribution is 9.10. The minimum atomic E-state index is -0.738. The first-order chi connectivity index (χ1) is 8.54. The molecule has 1 aliphatic heterocycles. The van der Waals surface area contributed by atoms with Crippen LogP contribution in [0.5, 0.6) is 0 Å². The minimum absolute atomic E-state index is 0.0256. The average Bonchev–Trinajstić information content (AvgIpc) is 2.71. The maximum absolute atomic E-state index is 11.1. The van der Waals surface area contributed by atoms with E-state index in [9.17, 15) is 4.79 Å². The lowest BCUT2D eigenvalue weighted by atomic mass is 10.0. The molecule has 1 N–H and O–H groups in total. The van der Waals surface area contributed by atoms with Crippen molar-refractivity contribution in [2.24, 2.45) is 5.92 Å². The highest BCUT2D eigenvalue weighted by atomic mass is 79.9. The Morgan fingerprint density at radius 3 is 2.83 bits per heavy atom. The molecule has 18 heavy (non-hydrogen) atoms. The lowest BCUT2D eigenvalue weighted by molar-refractivity contribution is -0.141. The molecular weight excluding hydrogens is 296 g/mol. The Labute approximate surface area is 114 Å². The van der Waals surface area contributed by atoms with Crippen molar-refractivity contribution in [2.45, 2.75) is 19.4 Å². The third-order valence-corrected chi connectivity index (χ3v) is 4.13. The van der Waals surface area contributed by atoms with Gasteiger partial charge in [0.15, 0.2) is 0 Å². The van der Waals surface area contributed by atoms with Gasteiger partial charge in [-0.1, -0.05) is 0 Å². The molecule has 0 radical (unpaired) electrons. The van der Waals surface area contributed by atoms with E-state index in [2.05, 4.69) is 26.9 Å². The van der Waals surface area contributed by atoms with Crippen LogP contribution in [0, 0.1) is 17.2 Å². The minimum Gasteiger partial charge on any atom is -0.481 e. The molecule has 1 heterocycles. The summed E-state index contributed by atoms with van der Waals surface area (Å²) in [4.78, 5) is 13.2. The standard InChI is InChI=1S/C13H13BrN2O2/c1-8-11(13(17)18)4-5-16(8)10-3-2-9(7-15)12(14)6-10/h2-3,6,8,11H,4-5H2,1H3,(H,17,18). The largest absolute Gasteiger partial charge is 0.481 e. The van der Waals surface area contributed by atoms with Crippen LogP contribution >= 0.6 is 15.9 Å². The van der Waals surface area contributed by atoms with Gasteiger partial charge < -0.3 is 10.0 Å². The fourth-order valence-corrected chi connectivity index (χ4v) is 2.86. The summed E-state index contributed by atoms with van der Waals surface area (Å²) in [5.41, 5.74) is 1.54. The Hall–Kier alpha value is -1.54. The summed E-state index contributed by atoms with van der Waals surface area (Å²) in [6.07, 6.45) is 0.661. The van der Waals surface area contributed by atoms with Gasteiger partial charge in [0.1, 0.15) is 6.07 Å². The van der Waals surface area contributed by atoms with E-state index in [4.69, 9.17) is 10.4 Å². The van der Waals surface area contributed by atoms with Crippen LogP contribution in [0.1, 0.15) is 18.9 Å². The molecule has 0 saturated carbocycles. The first-order valence-electron chi connectivity index (χ1n) is 5.73. The van der Waals surface area contributed by atoms with Crippen LogP contribution in [0.2, 0.25) is 0 Å². The highest BCUT2D eigenvalue weighted by Crippen LogP contribution is 2.32. The number of benzene rings is 1. The maximum atomic E-state index is 11.1. The number of rotatable bonds is 2. The molecule has 1 aromatic rings. The van der Waals surface area contributed by atoms with Gasteiger partial charge in [0.05, 0.1) is 11.5 Å². The fourth-order valence-electron chi connectivity index (χ4n) is 2.41.